The number of rotatable bonds is 3. The van der Waals surface area contributed by atoms with Crippen molar-refractivity contribution in [3.05, 3.63) is 46.5 Å². The molecule has 0 unspecified atom stereocenters. The molecule has 44 heavy (non-hydrogen) atoms. The highest BCUT2D eigenvalue weighted by molar-refractivity contribution is 6.31. The fraction of sp³-hybridized carbons (Fsp3) is 0.730. The lowest BCUT2D eigenvalue weighted by Crippen LogP contribution is -2.73. The first-order valence-corrected chi connectivity index (χ1v) is 17.0. The van der Waals surface area contributed by atoms with Crippen molar-refractivity contribution < 1.29 is 29.6 Å². The molecule has 4 saturated carbocycles. The lowest BCUT2D eigenvalue weighted by molar-refractivity contribution is -0.272. The minimum atomic E-state index is -1.31. The largest absolute Gasteiger partial charge is 0.460 e. The quantitative estimate of drug-likeness (QED) is 0.324. The van der Waals surface area contributed by atoms with Crippen LogP contribution in [0.25, 0.3) is 0 Å². The molecule has 1 aromatic rings. The maximum atomic E-state index is 14.6. The van der Waals surface area contributed by atoms with Crippen LogP contribution in [0.4, 0.5) is 0 Å². The van der Waals surface area contributed by atoms with Gasteiger partial charge in [0.1, 0.15) is 12.7 Å². The van der Waals surface area contributed by atoms with Gasteiger partial charge in [-0.05, 0) is 97.5 Å². The summed E-state index contributed by atoms with van der Waals surface area (Å²) in [5, 5.41) is 34.3. The smallest absolute Gasteiger partial charge is 0.312 e. The van der Waals surface area contributed by atoms with Crippen molar-refractivity contribution in [2.75, 3.05) is 0 Å². The topological polar surface area (TPSA) is 104 Å². The standard InChI is InChI=1S/C37H51ClO6/c1-32(2)26-12-13-36(6)28(37(26,7)30(42)27(40)29(32)41)25(39)18-22-23-19-34(4,15-14-33(23,3)16-17-35(22,36)5)31(43)44-20-21-10-8-9-11-24(21)38/h8-11,18,23,26-30,40-42H,12-17,19-20H2,1-7H3/t23-,26-,27+,28-,29-,30-,33+,34-,35+,36+,37-/m0/s1. The second-order valence-corrected chi connectivity index (χ2v) is 17.4. The number of ether oxygens (including phenoxy) is 1. The lowest BCUT2D eigenvalue weighted by atomic mass is 9.33. The molecule has 0 bridgehead atoms. The van der Waals surface area contributed by atoms with Gasteiger partial charge in [0.15, 0.2) is 5.78 Å². The molecule has 0 radical (unpaired) electrons. The molecule has 0 spiro atoms. The summed E-state index contributed by atoms with van der Waals surface area (Å²) in [7, 11) is 0. The Morgan fingerprint density at radius 2 is 1.59 bits per heavy atom. The number of aliphatic hydroxyl groups excluding tert-OH is 3. The molecule has 5 aliphatic rings. The Hall–Kier alpha value is -1.73. The highest BCUT2D eigenvalue weighted by Gasteiger charge is 2.73. The predicted molar refractivity (Wildman–Crippen MR) is 169 cm³/mol. The van der Waals surface area contributed by atoms with E-state index in [1.165, 1.54) is 0 Å². The molecule has 5 aliphatic carbocycles. The van der Waals surface area contributed by atoms with Crippen LogP contribution in [-0.2, 0) is 20.9 Å². The maximum Gasteiger partial charge on any atom is 0.312 e. The van der Waals surface area contributed by atoms with Gasteiger partial charge in [-0.2, -0.15) is 0 Å². The summed E-state index contributed by atoms with van der Waals surface area (Å²) in [5.74, 6) is -0.752. The van der Waals surface area contributed by atoms with Crippen LogP contribution in [0.1, 0.15) is 99.0 Å². The molecular formula is C37H51ClO6. The summed E-state index contributed by atoms with van der Waals surface area (Å²) in [6.07, 6.45) is 4.06. The van der Waals surface area contributed by atoms with Gasteiger partial charge in [0.2, 0.25) is 0 Å². The molecule has 0 aliphatic heterocycles. The van der Waals surface area contributed by atoms with E-state index in [1.807, 2.05) is 52.0 Å². The van der Waals surface area contributed by atoms with Gasteiger partial charge in [-0.25, -0.2) is 0 Å². The van der Waals surface area contributed by atoms with Crippen molar-refractivity contribution in [1.29, 1.82) is 0 Å². The average Bonchev–Trinajstić information content (AvgIpc) is 2.96. The highest BCUT2D eigenvalue weighted by atomic mass is 35.5. The first-order valence-electron chi connectivity index (χ1n) is 16.6. The lowest BCUT2D eigenvalue weighted by Gasteiger charge is -2.71. The van der Waals surface area contributed by atoms with Crippen LogP contribution in [0.15, 0.2) is 35.9 Å². The number of aliphatic hydroxyl groups is 3. The van der Waals surface area contributed by atoms with E-state index in [0.717, 1.165) is 49.7 Å². The first kappa shape index (κ1) is 32.2. The first-order chi connectivity index (χ1) is 20.4. The molecule has 4 fully saturated rings. The van der Waals surface area contributed by atoms with Crippen molar-refractivity contribution in [1.82, 2.24) is 0 Å². The summed E-state index contributed by atoms with van der Waals surface area (Å²) in [6, 6.07) is 7.41. The molecule has 0 saturated heterocycles. The zero-order valence-corrected chi connectivity index (χ0v) is 28.2. The molecule has 6 rings (SSSR count). The minimum Gasteiger partial charge on any atom is -0.460 e. The highest BCUT2D eigenvalue weighted by Crippen LogP contribution is 2.75. The summed E-state index contributed by atoms with van der Waals surface area (Å²) < 4.78 is 5.89. The Kier molecular flexibility index (Phi) is 7.42. The van der Waals surface area contributed by atoms with Crippen LogP contribution in [0.5, 0.6) is 0 Å². The third-order valence-corrected chi connectivity index (χ3v) is 14.9. The summed E-state index contributed by atoms with van der Waals surface area (Å²) in [4.78, 5) is 28.3. The number of hydrogen-bond acceptors (Lipinski definition) is 6. The van der Waals surface area contributed by atoms with Gasteiger partial charge in [0.05, 0.1) is 17.6 Å². The van der Waals surface area contributed by atoms with E-state index in [-0.39, 0.29) is 41.0 Å². The SMILES string of the molecule is CC1(C)[C@@H](O)[C@@H](O)[C@H](O)[C@]2(C)[C@H]3C(=O)C=C4[C@@H]5C[C@@](C)(C(=O)OCc6ccccc6Cl)CC[C@]5(C)CC[C@@]4(C)[C@]3(C)CC[C@@H]12. The molecule has 3 N–H and O–H groups in total. The van der Waals surface area contributed by atoms with Gasteiger partial charge in [0, 0.05) is 21.9 Å². The van der Waals surface area contributed by atoms with Crippen molar-refractivity contribution >= 4 is 23.4 Å². The van der Waals surface area contributed by atoms with Crippen LogP contribution in [0.3, 0.4) is 0 Å². The molecule has 1 aromatic carbocycles. The number of hydrogen-bond donors (Lipinski definition) is 3. The second-order valence-electron chi connectivity index (χ2n) is 17.0. The van der Waals surface area contributed by atoms with Crippen LogP contribution in [-0.4, -0.2) is 45.4 Å². The number of fused-ring (bicyclic) bond motifs is 7. The summed E-state index contributed by atoms with van der Waals surface area (Å²) in [5.41, 5.74) is -1.06. The number of carbonyl (C=O) groups excluding carboxylic acids is 2. The number of esters is 1. The Balaban J connectivity index is 1.36. The third kappa shape index (κ3) is 4.15. The number of ketones is 1. The van der Waals surface area contributed by atoms with Gasteiger partial charge in [0.25, 0.3) is 0 Å². The van der Waals surface area contributed by atoms with Gasteiger partial charge in [-0.3, -0.25) is 9.59 Å². The van der Waals surface area contributed by atoms with Crippen molar-refractivity contribution in [2.45, 2.75) is 118 Å². The third-order valence-electron chi connectivity index (χ3n) is 14.5. The Morgan fingerprint density at radius 1 is 0.932 bits per heavy atom. The minimum absolute atomic E-state index is 0.0171. The van der Waals surface area contributed by atoms with Gasteiger partial charge < -0.3 is 20.1 Å². The number of halogens is 1. The molecule has 0 amide bonds. The molecule has 11 atom stereocenters. The number of allylic oxidation sites excluding steroid dienone is 2. The monoisotopic (exact) mass is 626 g/mol. The van der Waals surface area contributed by atoms with E-state index in [4.69, 9.17) is 16.3 Å². The Bertz CT molecular complexity index is 1400. The van der Waals surface area contributed by atoms with E-state index in [9.17, 15) is 24.9 Å². The zero-order valence-electron chi connectivity index (χ0n) is 27.5. The summed E-state index contributed by atoms with van der Waals surface area (Å²) >= 11 is 6.33. The van der Waals surface area contributed by atoms with E-state index in [0.29, 0.717) is 11.4 Å². The Morgan fingerprint density at radius 3 is 2.27 bits per heavy atom. The zero-order chi connectivity index (χ0) is 32.3. The van der Waals surface area contributed by atoms with Crippen LogP contribution < -0.4 is 0 Å². The molecule has 0 aromatic heterocycles. The van der Waals surface area contributed by atoms with Gasteiger partial charge in [-0.1, -0.05) is 76.9 Å². The van der Waals surface area contributed by atoms with Crippen LogP contribution >= 0.6 is 11.6 Å². The van der Waals surface area contributed by atoms with E-state index >= 15 is 0 Å². The number of carbonyl (C=O) groups is 2. The van der Waals surface area contributed by atoms with Crippen molar-refractivity contribution in [3.8, 4) is 0 Å². The van der Waals surface area contributed by atoms with E-state index in [1.54, 1.807) is 6.07 Å². The molecular weight excluding hydrogens is 576 g/mol. The van der Waals surface area contributed by atoms with Crippen LogP contribution in [0, 0.1) is 50.2 Å². The van der Waals surface area contributed by atoms with E-state index in [2.05, 4.69) is 20.8 Å². The molecule has 242 valence electrons. The van der Waals surface area contributed by atoms with Gasteiger partial charge >= 0.3 is 5.97 Å². The average molecular weight is 627 g/mol. The maximum absolute atomic E-state index is 14.6. The molecule has 0 heterocycles. The fourth-order valence-corrected chi connectivity index (χ4v) is 11.5. The number of benzene rings is 1. The van der Waals surface area contributed by atoms with Crippen molar-refractivity contribution in [2.24, 2.45) is 50.2 Å². The predicted octanol–water partition coefficient (Wildman–Crippen LogP) is 6.67. The molecule has 7 heteroatoms. The summed E-state index contributed by atoms with van der Waals surface area (Å²) in [6.45, 7) is 15.0. The Labute approximate surface area is 267 Å². The normalized spacial score (nSPS) is 47.8. The second kappa shape index (κ2) is 10.1. The van der Waals surface area contributed by atoms with Gasteiger partial charge in [-0.15, -0.1) is 0 Å². The fourth-order valence-electron chi connectivity index (χ4n) is 11.4. The molecule has 6 nitrogen and oxygen atoms in total. The van der Waals surface area contributed by atoms with Crippen molar-refractivity contribution in [3.63, 3.8) is 0 Å². The van der Waals surface area contributed by atoms with Crippen LogP contribution in [0.2, 0.25) is 5.02 Å². The van der Waals surface area contributed by atoms with E-state index < -0.39 is 45.9 Å².